The Hall–Kier alpha value is -2.08. The van der Waals surface area contributed by atoms with Gasteiger partial charge in [-0.2, -0.15) is 4.98 Å². The zero-order chi connectivity index (χ0) is 17.7. The Labute approximate surface area is 153 Å². The second-order valence-electron chi connectivity index (χ2n) is 8.07. The zero-order valence-electron chi connectivity index (χ0n) is 15.3. The summed E-state index contributed by atoms with van der Waals surface area (Å²) in [7, 11) is 2.19. The maximum atomic E-state index is 13.0. The Morgan fingerprint density at radius 3 is 2.69 bits per heavy atom. The van der Waals surface area contributed by atoms with Gasteiger partial charge in [-0.05, 0) is 50.9 Å². The maximum absolute atomic E-state index is 13.0. The average molecular weight is 354 g/mol. The Morgan fingerprint density at radius 2 is 1.92 bits per heavy atom. The number of amides is 1. The van der Waals surface area contributed by atoms with Gasteiger partial charge in [-0.15, -0.1) is 0 Å². The van der Waals surface area contributed by atoms with Crippen molar-refractivity contribution in [1.29, 1.82) is 0 Å². The quantitative estimate of drug-likeness (QED) is 0.828. The van der Waals surface area contributed by atoms with Crippen LogP contribution in [-0.4, -0.2) is 66.5 Å². The molecule has 0 radical (unpaired) electrons. The van der Waals surface area contributed by atoms with Crippen LogP contribution in [0.3, 0.4) is 0 Å². The Bertz CT molecular complexity index is 778. The standard InChI is InChI=1S/C20H26N4O2/c1-22-9-6-15-12-24(13-17(15)22)19(25)14-7-10-23(11-8-14)20-21-16-4-2-3-5-18(16)26-20/h2-5,14-15,17H,6-13H2,1H3/t15-,17+/m1/s1. The largest absolute Gasteiger partial charge is 0.423 e. The molecule has 6 heteroatoms. The molecule has 2 atom stereocenters. The van der Waals surface area contributed by atoms with E-state index in [9.17, 15) is 4.79 Å². The fraction of sp³-hybridized carbons (Fsp3) is 0.600. The first-order chi connectivity index (χ1) is 12.7. The number of para-hydroxylation sites is 2. The number of oxazole rings is 1. The van der Waals surface area contributed by atoms with Crippen LogP contribution < -0.4 is 4.90 Å². The van der Waals surface area contributed by atoms with Crippen molar-refractivity contribution < 1.29 is 9.21 Å². The van der Waals surface area contributed by atoms with Crippen LogP contribution in [0.25, 0.3) is 11.1 Å². The van der Waals surface area contributed by atoms with Gasteiger partial charge in [0.25, 0.3) is 6.01 Å². The van der Waals surface area contributed by atoms with Gasteiger partial charge >= 0.3 is 0 Å². The molecular formula is C20H26N4O2. The number of hydrogen-bond donors (Lipinski definition) is 0. The fourth-order valence-corrected chi connectivity index (χ4v) is 4.92. The molecule has 3 aliphatic rings. The SMILES string of the molecule is CN1CC[C@@H]2CN(C(=O)C3CCN(c4nc5ccccc5o4)CC3)C[C@@H]21. The number of anilines is 1. The van der Waals surface area contributed by atoms with Crippen molar-refractivity contribution in [2.75, 3.05) is 44.7 Å². The number of nitrogens with zero attached hydrogens (tertiary/aromatic N) is 4. The van der Waals surface area contributed by atoms with E-state index in [0.717, 1.165) is 50.1 Å². The molecule has 4 heterocycles. The predicted molar refractivity (Wildman–Crippen MR) is 100 cm³/mol. The van der Waals surface area contributed by atoms with E-state index in [1.165, 1.54) is 13.0 Å². The summed E-state index contributed by atoms with van der Waals surface area (Å²) in [6, 6.07) is 9.13. The summed E-state index contributed by atoms with van der Waals surface area (Å²) < 4.78 is 5.88. The summed E-state index contributed by atoms with van der Waals surface area (Å²) in [5.41, 5.74) is 1.72. The number of benzene rings is 1. The molecule has 0 aliphatic carbocycles. The molecule has 0 unspecified atom stereocenters. The van der Waals surface area contributed by atoms with Crippen LogP contribution in [0.2, 0.25) is 0 Å². The van der Waals surface area contributed by atoms with Crippen LogP contribution in [0.4, 0.5) is 6.01 Å². The molecule has 3 aliphatic heterocycles. The van der Waals surface area contributed by atoms with Crippen LogP contribution in [0.1, 0.15) is 19.3 Å². The van der Waals surface area contributed by atoms with E-state index < -0.39 is 0 Å². The zero-order valence-corrected chi connectivity index (χ0v) is 15.3. The maximum Gasteiger partial charge on any atom is 0.298 e. The highest BCUT2D eigenvalue weighted by molar-refractivity contribution is 5.80. The molecule has 1 aromatic carbocycles. The van der Waals surface area contributed by atoms with Crippen LogP contribution >= 0.6 is 0 Å². The van der Waals surface area contributed by atoms with Crippen molar-refractivity contribution in [1.82, 2.24) is 14.8 Å². The van der Waals surface area contributed by atoms with Gasteiger partial charge in [0.15, 0.2) is 5.58 Å². The number of piperidine rings is 1. The third-order valence-corrected chi connectivity index (χ3v) is 6.53. The smallest absolute Gasteiger partial charge is 0.298 e. The van der Waals surface area contributed by atoms with Gasteiger partial charge in [-0.25, -0.2) is 0 Å². The lowest BCUT2D eigenvalue weighted by Crippen LogP contribution is -2.43. The van der Waals surface area contributed by atoms with Gasteiger partial charge in [0.1, 0.15) is 5.52 Å². The molecule has 0 saturated carbocycles. The van der Waals surface area contributed by atoms with E-state index in [-0.39, 0.29) is 5.92 Å². The molecule has 0 bridgehead atoms. The monoisotopic (exact) mass is 354 g/mol. The van der Waals surface area contributed by atoms with Gasteiger partial charge in [0, 0.05) is 38.1 Å². The minimum Gasteiger partial charge on any atom is -0.423 e. The van der Waals surface area contributed by atoms with Gasteiger partial charge in [0.05, 0.1) is 0 Å². The molecule has 3 fully saturated rings. The molecule has 0 N–H and O–H groups in total. The number of likely N-dealkylation sites (N-methyl/N-ethyl adjacent to an activating group) is 1. The first-order valence-corrected chi connectivity index (χ1v) is 9.78. The summed E-state index contributed by atoms with van der Waals surface area (Å²) in [4.78, 5) is 24.3. The molecule has 1 aromatic heterocycles. The van der Waals surface area contributed by atoms with Crippen molar-refractivity contribution in [3.05, 3.63) is 24.3 Å². The lowest BCUT2D eigenvalue weighted by molar-refractivity contribution is -0.135. The number of likely N-dealkylation sites (tertiary alicyclic amines) is 2. The van der Waals surface area contributed by atoms with Gasteiger partial charge in [-0.3, -0.25) is 4.79 Å². The molecule has 6 nitrogen and oxygen atoms in total. The fourth-order valence-electron chi connectivity index (χ4n) is 4.92. The van der Waals surface area contributed by atoms with Crippen LogP contribution in [0, 0.1) is 11.8 Å². The third-order valence-electron chi connectivity index (χ3n) is 6.53. The third kappa shape index (κ3) is 2.67. The van der Waals surface area contributed by atoms with Crippen LogP contribution in [0.15, 0.2) is 28.7 Å². The molecule has 1 amide bonds. The lowest BCUT2D eigenvalue weighted by Gasteiger charge is -2.32. The van der Waals surface area contributed by atoms with Crippen molar-refractivity contribution >= 4 is 23.0 Å². The Balaban J connectivity index is 1.21. The molecular weight excluding hydrogens is 328 g/mol. The van der Waals surface area contributed by atoms with Crippen molar-refractivity contribution in [2.24, 2.45) is 11.8 Å². The van der Waals surface area contributed by atoms with E-state index in [1.54, 1.807) is 0 Å². The summed E-state index contributed by atoms with van der Waals surface area (Å²) in [6.45, 7) is 4.73. The minimum atomic E-state index is 0.153. The number of aromatic nitrogens is 1. The second-order valence-corrected chi connectivity index (χ2v) is 8.07. The van der Waals surface area contributed by atoms with Crippen LogP contribution in [0.5, 0.6) is 0 Å². The summed E-state index contributed by atoms with van der Waals surface area (Å²) in [6.07, 6.45) is 3.01. The number of carbonyl (C=O) groups excluding carboxylic acids is 1. The first kappa shape index (κ1) is 16.1. The topological polar surface area (TPSA) is 52.8 Å². The lowest BCUT2D eigenvalue weighted by atomic mass is 9.95. The molecule has 2 aromatic rings. The summed E-state index contributed by atoms with van der Waals surface area (Å²) >= 11 is 0. The highest BCUT2D eigenvalue weighted by atomic mass is 16.4. The molecule has 3 saturated heterocycles. The summed E-state index contributed by atoms with van der Waals surface area (Å²) in [5, 5.41) is 0. The summed E-state index contributed by atoms with van der Waals surface area (Å²) in [5.74, 6) is 1.20. The molecule has 138 valence electrons. The molecule has 5 rings (SSSR count). The van der Waals surface area contributed by atoms with E-state index in [0.29, 0.717) is 23.9 Å². The molecule has 26 heavy (non-hydrogen) atoms. The highest BCUT2D eigenvalue weighted by Gasteiger charge is 2.42. The number of carbonyl (C=O) groups is 1. The van der Waals surface area contributed by atoms with Crippen molar-refractivity contribution in [3.63, 3.8) is 0 Å². The van der Waals surface area contributed by atoms with E-state index in [4.69, 9.17) is 4.42 Å². The highest BCUT2D eigenvalue weighted by Crippen LogP contribution is 2.33. The number of hydrogen-bond acceptors (Lipinski definition) is 5. The van der Waals surface area contributed by atoms with E-state index in [1.807, 2.05) is 24.3 Å². The minimum absolute atomic E-state index is 0.153. The van der Waals surface area contributed by atoms with Gasteiger partial charge < -0.3 is 19.1 Å². The average Bonchev–Trinajstić information content (AvgIpc) is 3.37. The van der Waals surface area contributed by atoms with E-state index >= 15 is 0 Å². The molecule has 0 spiro atoms. The predicted octanol–water partition coefficient (Wildman–Crippen LogP) is 2.21. The van der Waals surface area contributed by atoms with Crippen LogP contribution in [-0.2, 0) is 4.79 Å². The normalized spacial score (nSPS) is 27.4. The first-order valence-electron chi connectivity index (χ1n) is 9.78. The second kappa shape index (κ2) is 6.27. The van der Waals surface area contributed by atoms with Gasteiger partial charge in [0.2, 0.25) is 5.91 Å². The Morgan fingerprint density at radius 1 is 1.12 bits per heavy atom. The van der Waals surface area contributed by atoms with E-state index in [2.05, 4.69) is 26.7 Å². The number of fused-ring (bicyclic) bond motifs is 2. The number of rotatable bonds is 2. The van der Waals surface area contributed by atoms with Crippen molar-refractivity contribution in [3.8, 4) is 0 Å². The van der Waals surface area contributed by atoms with Gasteiger partial charge in [-0.1, -0.05) is 12.1 Å². The Kier molecular flexibility index (Phi) is 3.89. The van der Waals surface area contributed by atoms with Crippen molar-refractivity contribution in [2.45, 2.75) is 25.3 Å².